The molecule has 0 saturated carbocycles. The van der Waals surface area contributed by atoms with Crippen molar-refractivity contribution in [2.45, 2.75) is 60.8 Å². The molecule has 0 aliphatic rings. The molecule has 0 saturated heterocycles. The normalized spacial score (nSPS) is 15.8. The number of halogens is 12. The third-order valence-electron chi connectivity index (χ3n) is 3.67. The Morgan fingerprint density at radius 1 is 0.500 bits per heavy atom. The first-order chi connectivity index (χ1) is 15.4. The fourth-order valence-electron chi connectivity index (χ4n) is 2.17. The van der Waals surface area contributed by atoms with Gasteiger partial charge in [0.1, 0.15) is 6.17 Å². The number of nitrogens with zero attached hydrogens (tertiary/aromatic N) is 2. The van der Waals surface area contributed by atoms with Crippen molar-refractivity contribution >= 4 is 40.1 Å². The SMILES string of the molecule is CCCCCC(N(S(=O)(=O)C(F)(F)F)S(=O)(=O)C(F)(F)F)N(S(=O)(=O)C(F)(F)F)S(=O)(=O)C(F)(F)F. The van der Waals surface area contributed by atoms with Crippen LogP contribution in [0.1, 0.15) is 32.6 Å². The summed E-state index contributed by atoms with van der Waals surface area (Å²) >= 11 is 0. The van der Waals surface area contributed by atoms with E-state index in [1.807, 2.05) is 0 Å². The van der Waals surface area contributed by atoms with Gasteiger partial charge in [-0.2, -0.15) is 52.7 Å². The van der Waals surface area contributed by atoms with E-state index in [2.05, 4.69) is 0 Å². The Bertz CT molecular complexity index is 1030. The molecule has 0 radical (unpaired) electrons. The lowest BCUT2D eigenvalue weighted by molar-refractivity contribution is -0.0604. The standard InChI is InChI=1S/C10H12F12N2O8S4/c1-2-3-4-5-6(23(33(25,26)7(11,12)13)34(27,28)8(14,15)16)24(35(29,30)9(17,18)19)36(31,32)10(20,21)22/h6H,2-5H2,1H3. The van der Waals surface area contributed by atoms with Gasteiger partial charge in [0.2, 0.25) is 0 Å². The van der Waals surface area contributed by atoms with E-state index in [9.17, 15) is 86.4 Å². The molecule has 0 atom stereocenters. The number of unbranched alkanes of at least 4 members (excludes halogenated alkanes) is 2. The third kappa shape index (κ3) is 6.47. The van der Waals surface area contributed by atoms with Crippen LogP contribution in [0.3, 0.4) is 0 Å². The van der Waals surface area contributed by atoms with Crippen LogP contribution in [-0.4, -0.2) is 69.3 Å². The van der Waals surface area contributed by atoms with Crippen molar-refractivity contribution in [2.75, 3.05) is 0 Å². The number of alkyl halides is 12. The number of rotatable bonds is 10. The minimum atomic E-state index is -8.25. The molecule has 0 amide bonds. The van der Waals surface area contributed by atoms with Crippen molar-refractivity contribution in [2.24, 2.45) is 0 Å². The van der Waals surface area contributed by atoms with Gasteiger partial charge in [-0.3, -0.25) is 0 Å². The van der Waals surface area contributed by atoms with Gasteiger partial charge in [-0.05, 0) is 6.42 Å². The summed E-state index contributed by atoms with van der Waals surface area (Å²) in [5, 5.41) is 0. The summed E-state index contributed by atoms with van der Waals surface area (Å²) < 4.78 is 244. The van der Waals surface area contributed by atoms with Gasteiger partial charge in [0.05, 0.1) is 0 Å². The third-order valence-corrected chi connectivity index (χ3v) is 11.2. The van der Waals surface area contributed by atoms with Gasteiger partial charge < -0.3 is 0 Å². The highest BCUT2D eigenvalue weighted by molar-refractivity contribution is 8.06. The quantitative estimate of drug-likeness (QED) is 0.201. The van der Waals surface area contributed by atoms with Crippen LogP contribution in [0.15, 0.2) is 0 Å². The maximum atomic E-state index is 13.1. The Morgan fingerprint density at radius 3 is 0.889 bits per heavy atom. The van der Waals surface area contributed by atoms with E-state index >= 15 is 0 Å². The van der Waals surface area contributed by atoms with Crippen LogP contribution in [0.4, 0.5) is 52.7 Å². The molecular weight excluding hydrogens is 632 g/mol. The Morgan fingerprint density at radius 2 is 0.722 bits per heavy atom. The smallest absolute Gasteiger partial charge is 0.202 e. The Hall–Kier alpha value is -1.12. The monoisotopic (exact) mass is 644 g/mol. The van der Waals surface area contributed by atoms with Gasteiger partial charge >= 0.3 is 62.1 Å². The highest BCUT2D eigenvalue weighted by Gasteiger charge is 2.70. The summed E-state index contributed by atoms with van der Waals surface area (Å²) in [5.41, 5.74) is -29.0. The van der Waals surface area contributed by atoms with Crippen LogP contribution in [0.5, 0.6) is 0 Å². The van der Waals surface area contributed by atoms with Crippen LogP contribution in [0, 0.1) is 0 Å². The van der Waals surface area contributed by atoms with E-state index in [1.54, 1.807) is 0 Å². The minimum absolute atomic E-state index is 0.233. The molecule has 0 heterocycles. The van der Waals surface area contributed by atoms with Crippen LogP contribution in [0.25, 0.3) is 0 Å². The number of hydrogen-bond donors (Lipinski definition) is 0. The zero-order chi connectivity index (χ0) is 29.6. The summed E-state index contributed by atoms with van der Waals surface area (Å²) in [6.45, 7) is 1.14. The van der Waals surface area contributed by atoms with Gasteiger partial charge in [0.15, 0.2) is 0 Å². The topological polar surface area (TPSA) is 143 Å². The van der Waals surface area contributed by atoms with Crippen LogP contribution < -0.4 is 0 Å². The lowest BCUT2D eigenvalue weighted by atomic mass is 10.2. The summed E-state index contributed by atoms with van der Waals surface area (Å²) in [5.74, 6) is 0. The van der Waals surface area contributed by atoms with Crippen molar-refractivity contribution in [3.05, 3.63) is 0 Å². The van der Waals surface area contributed by atoms with Crippen molar-refractivity contribution in [3.8, 4) is 0 Å². The van der Waals surface area contributed by atoms with E-state index in [0.29, 0.717) is 0 Å². The Balaban J connectivity index is 8.17. The second-order valence-electron chi connectivity index (χ2n) is 6.23. The molecule has 218 valence electrons. The summed E-state index contributed by atoms with van der Waals surface area (Å²) in [7, 11) is -33.0. The van der Waals surface area contributed by atoms with Crippen LogP contribution in [-0.2, 0) is 40.1 Å². The summed E-state index contributed by atoms with van der Waals surface area (Å²) in [4.78, 5) is 0. The molecule has 0 aromatic rings. The lowest BCUT2D eigenvalue weighted by Crippen LogP contribution is -2.64. The van der Waals surface area contributed by atoms with Crippen molar-refractivity contribution < 1.29 is 86.4 Å². The maximum absolute atomic E-state index is 13.1. The molecule has 0 aliphatic carbocycles. The van der Waals surface area contributed by atoms with Gasteiger partial charge in [-0.25, -0.2) is 33.7 Å². The van der Waals surface area contributed by atoms with Crippen molar-refractivity contribution in [1.29, 1.82) is 0 Å². The second-order valence-corrected chi connectivity index (χ2v) is 13.9. The largest absolute Gasteiger partial charge is 0.512 e. The van der Waals surface area contributed by atoms with E-state index in [1.165, 1.54) is 0 Å². The van der Waals surface area contributed by atoms with Gasteiger partial charge in [0, 0.05) is 0 Å². The second kappa shape index (κ2) is 10.2. The molecular formula is C10H12F12N2O8S4. The van der Waals surface area contributed by atoms with Gasteiger partial charge in [-0.1, -0.05) is 33.6 Å². The average molecular weight is 644 g/mol. The molecule has 0 fully saturated rings. The zero-order valence-corrected chi connectivity index (χ0v) is 20.0. The van der Waals surface area contributed by atoms with Gasteiger partial charge in [-0.15, -0.1) is 0 Å². The first kappa shape index (κ1) is 34.9. The Kier molecular flexibility index (Phi) is 9.90. The molecule has 0 aliphatic heterocycles. The van der Waals surface area contributed by atoms with Crippen LogP contribution in [0.2, 0.25) is 0 Å². The summed E-state index contributed by atoms with van der Waals surface area (Å²) in [6, 6.07) is 0. The average Bonchev–Trinajstić information content (AvgIpc) is 2.57. The molecule has 0 aromatic heterocycles. The van der Waals surface area contributed by atoms with E-state index in [4.69, 9.17) is 0 Å². The molecule has 36 heavy (non-hydrogen) atoms. The highest BCUT2D eigenvalue weighted by atomic mass is 32.3. The first-order valence-corrected chi connectivity index (χ1v) is 14.0. The number of hydrogen-bond acceptors (Lipinski definition) is 8. The van der Waals surface area contributed by atoms with E-state index < -0.39 is 95.0 Å². The Labute approximate surface area is 195 Å². The van der Waals surface area contributed by atoms with Crippen LogP contribution >= 0.6 is 0 Å². The summed E-state index contributed by atoms with van der Waals surface area (Å²) in [6.07, 6.45) is -9.37. The molecule has 0 N–H and O–H groups in total. The van der Waals surface area contributed by atoms with Gasteiger partial charge in [0.25, 0.3) is 0 Å². The fourth-order valence-corrected chi connectivity index (χ4v) is 8.39. The predicted molar refractivity (Wildman–Crippen MR) is 91.5 cm³/mol. The molecule has 0 bridgehead atoms. The van der Waals surface area contributed by atoms with E-state index in [0.717, 1.165) is 6.92 Å². The predicted octanol–water partition coefficient (Wildman–Crippen LogP) is 2.90. The molecule has 0 unspecified atom stereocenters. The van der Waals surface area contributed by atoms with E-state index in [-0.39, 0.29) is 6.42 Å². The molecule has 0 aromatic carbocycles. The van der Waals surface area contributed by atoms with Crippen molar-refractivity contribution in [3.63, 3.8) is 0 Å². The molecule has 0 rings (SSSR count). The maximum Gasteiger partial charge on any atom is 0.512 e. The minimum Gasteiger partial charge on any atom is -0.202 e. The fraction of sp³-hybridized carbons (Fsp3) is 1.00. The highest BCUT2D eigenvalue weighted by Crippen LogP contribution is 2.44. The molecule has 26 heteroatoms. The molecule has 10 nitrogen and oxygen atoms in total. The lowest BCUT2D eigenvalue weighted by Gasteiger charge is -2.37. The first-order valence-electron chi connectivity index (χ1n) is 8.28. The molecule has 0 spiro atoms. The number of sulfonamides is 4. The van der Waals surface area contributed by atoms with Crippen molar-refractivity contribution in [1.82, 2.24) is 7.42 Å². The zero-order valence-electron chi connectivity index (χ0n) is 16.7.